The molecule has 0 saturated carbocycles. The van der Waals surface area contributed by atoms with Crippen LogP contribution in [0.2, 0.25) is 0 Å². The molecular weight excluding hydrogens is 242 g/mol. The molecule has 4 heteroatoms. The highest BCUT2D eigenvalue weighted by atomic mass is 32.1. The van der Waals surface area contributed by atoms with Gasteiger partial charge in [0.25, 0.3) is 0 Å². The Bertz CT molecular complexity index is 502. The van der Waals surface area contributed by atoms with E-state index >= 15 is 0 Å². The summed E-state index contributed by atoms with van der Waals surface area (Å²) in [6, 6.07) is 8.60. The van der Waals surface area contributed by atoms with Crippen LogP contribution >= 0.6 is 11.3 Å². The summed E-state index contributed by atoms with van der Waals surface area (Å²) in [4.78, 5) is 9.17. The molecule has 3 rings (SSSR count). The standard InChI is InChI=1S/C14H17N3S/c1-12-11-13(4-5-15-12)16-6-8-17(9-7-16)14-3-2-10-18-14/h2-5,10-11H,6-9H2,1H3. The monoisotopic (exact) mass is 259 g/mol. The summed E-state index contributed by atoms with van der Waals surface area (Å²) in [5, 5.41) is 3.54. The number of aromatic nitrogens is 1. The quantitative estimate of drug-likeness (QED) is 0.826. The SMILES string of the molecule is Cc1cc(N2CCN(c3cccs3)CC2)ccn1. The van der Waals surface area contributed by atoms with Crippen molar-refractivity contribution in [3.05, 3.63) is 41.5 Å². The van der Waals surface area contributed by atoms with Crippen LogP contribution in [0.1, 0.15) is 5.69 Å². The van der Waals surface area contributed by atoms with E-state index in [4.69, 9.17) is 0 Å². The Morgan fingerprint density at radius 1 is 1.11 bits per heavy atom. The Morgan fingerprint density at radius 2 is 1.89 bits per heavy atom. The van der Waals surface area contributed by atoms with Gasteiger partial charge in [-0.3, -0.25) is 4.98 Å². The summed E-state index contributed by atoms with van der Waals surface area (Å²) in [6.45, 7) is 6.41. The minimum atomic E-state index is 1.08. The van der Waals surface area contributed by atoms with Crippen LogP contribution in [0.15, 0.2) is 35.8 Å². The molecule has 0 spiro atoms. The summed E-state index contributed by atoms with van der Waals surface area (Å²) in [6.07, 6.45) is 1.90. The molecule has 0 amide bonds. The largest absolute Gasteiger partial charge is 0.368 e. The van der Waals surface area contributed by atoms with E-state index in [-0.39, 0.29) is 0 Å². The summed E-state index contributed by atoms with van der Waals surface area (Å²) in [5.74, 6) is 0. The van der Waals surface area contributed by atoms with E-state index in [2.05, 4.69) is 44.4 Å². The Labute approximate surface area is 112 Å². The van der Waals surface area contributed by atoms with Gasteiger partial charge in [-0.2, -0.15) is 0 Å². The maximum absolute atomic E-state index is 4.25. The van der Waals surface area contributed by atoms with Gasteiger partial charge in [0, 0.05) is 43.8 Å². The lowest BCUT2D eigenvalue weighted by Gasteiger charge is -2.36. The van der Waals surface area contributed by atoms with Gasteiger partial charge in [0.2, 0.25) is 0 Å². The molecule has 0 aliphatic carbocycles. The van der Waals surface area contributed by atoms with Crippen LogP contribution in [-0.2, 0) is 0 Å². The number of nitrogens with zero attached hydrogens (tertiary/aromatic N) is 3. The molecule has 94 valence electrons. The van der Waals surface area contributed by atoms with Gasteiger partial charge in [-0.05, 0) is 36.6 Å². The molecule has 18 heavy (non-hydrogen) atoms. The third-order valence-electron chi connectivity index (χ3n) is 3.34. The van der Waals surface area contributed by atoms with Crippen LogP contribution in [0, 0.1) is 6.92 Å². The normalized spacial score (nSPS) is 16.1. The minimum absolute atomic E-state index is 1.08. The van der Waals surface area contributed by atoms with Crippen molar-refractivity contribution in [1.82, 2.24) is 4.98 Å². The summed E-state index contributed by atoms with van der Waals surface area (Å²) in [7, 11) is 0. The van der Waals surface area contributed by atoms with Gasteiger partial charge in [-0.25, -0.2) is 0 Å². The molecule has 2 aromatic heterocycles. The number of anilines is 2. The zero-order chi connectivity index (χ0) is 12.4. The second kappa shape index (κ2) is 4.98. The average Bonchev–Trinajstić information content (AvgIpc) is 2.93. The summed E-state index contributed by atoms with van der Waals surface area (Å²) in [5.41, 5.74) is 2.39. The highest BCUT2D eigenvalue weighted by molar-refractivity contribution is 7.14. The predicted octanol–water partition coefficient (Wildman–Crippen LogP) is 2.78. The second-order valence-electron chi connectivity index (χ2n) is 4.58. The number of aryl methyl sites for hydroxylation is 1. The van der Waals surface area contributed by atoms with Crippen LogP contribution in [0.3, 0.4) is 0 Å². The maximum atomic E-state index is 4.25. The molecule has 1 fully saturated rings. The lowest BCUT2D eigenvalue weighted by Crippen LogP contribution is -2.46. The van der Waals surface area contributed by atoms with Crippen LogP contribution in [-0.4, -0.2) is 31.2 Å². The molecule has 0 N–H and O–H groups in total. The topological polar surface area (TPSA) is 19.4 Å². The molecule has 3 nitrogen and oxygen atoms in total. The van der Waals surface area contributed by atoms with E-state index in [1.807, 2.05) is 24.5 Å². The Morgan fingerprint density at radius 3 is 2.56 bits per heavy atom. The van der Waals surface area contributed by atoms with E-state index in [1.165, 1.54) is 10.7 Å². The van der Waals surface area contributed by atoms with E-state index in [0.717, 1.165) is 31.9 Å². The van der Waals surface area contributed by atoms with E-state index in [9.17, 15) is 0 Å². The van der Waals surface area contributed by atoms with E-state index in [0.29, 0.717) is 0 Å². The lowest BCUT2D eigenvalue weighted by atomic mass is 10.2. The van der Waals surface area contributed by atoms with Crippen molar-refractivity contribution in [2.24, 2.45) is 0 Å². The van der Waals surface area contributed by atoms with Crippen LogP contribution in [0.5, 0.6) is 0 Å². The highest BCUT2D eigenvalue weighted by Crippen LogP contribution is 2.24. The fourth-order valence-corrected chi connectivity index (χ4v) is 3.15. The second-order valence-corrected chi connectivity index (χ2v) is 5.51. The molecule has 1 saturated heterocycles. The van der Waals surface area contributed by atoms with Crippen molar-refractivity contribution >= 4 is 22.0 Å². The van der Waals surface area contributed by atoms with Crippen molar-refractivity contribution in [3.63, 3.8) is 0 Å². The number of rotatable bonds is 2. The van der Waals surface area contributed by atoms with Crippen molar-refractivity contribution in [3.8, 4) is 0 Å². The molecule has 0 radical (unpaired) electrons. The smallest absolute Gasteiger partial charge is 0.0909 e. The zero-order valence-corrected chi connectivity index (χ0v) is 11.4. The number of piperazine rings is 1. The molecule has 1 aliphatic rings. The first kappa shape index (κ1) is 11.5. The minimum Gasteiger partial charge on any atom is -0.368 e. The molecule has 0 atom stereocenters. The molecule has 2 aromatic rings. The highest BCUT2D eigenvalue weighted by Gasteiger charge is 2.17. The van der Waals surface area contributed by atoms with E-state index in [1.54, 1.807) is 0 Å². The molecule has 1 aliphatic heterocycles. The Balaban J connectivity index is 1.67. The summed E-state index contributed by atoms with van der Waals surface area (Å²) < 4.78 is 0. The van der Waals surface area contributed by atoms with Gasteiger partial charge in [-0.15, -0.1) is 11.3 Å². The van der Waals surface area contributed by atoms with Crippen LogP contribution in [0.4, 0.5) is 10.7 Å². The van der Waals surface area contributed by atoms with Gasteiger partial charge < -0.3 is 9.80 Å². The number of hydrogen-bond acceptors (Lipinski definition) is 4. The fraction of sp³-hybridized carbons (Fsp3) is 0.357. The summed E-state index contributed by atoms with van der Waals surface area (Å²) >= 11 is 1.83. The molecule has 0 unspecified atom stereocenters. The molecule has 0 aromatic carbocycles. The molecule has 0 bridgehead atoms. The first-order chi connectivity index (χ1) is 8.83. The van der Waals surface area contributed by atoms with Crippen molar-refractivity contribution < 1.29 is 0 Å². The van der Waals surface area contributed by atoms with Crippen LogP contribution in [0.25, 0.3) is 0 Å². The molecular formula is C14H17N3S. The third kappa shape index (κ3) is 2.34. The van der Waals surface area contributed by atoms with Gasteiger partial charge in [0.05, 0.1) is 5.00 Å². The number of hydrogen-bond donors (Lipinski definition) is 0. The maximum Gasteiger partial charge on any atom is 0.0909 e. The number of pyridine rings is 1. The first-order valence-corrected chi connectivity index (χ1v) is 7.17. The van der Waals surface area contributed by atoms with Crippen molar-refractivity contribution in [2.45, 2.75) is 6.92 Å². The lowest BCUT2D eigenvalue weighted by molar-refractivity contribution is 0.656. The zero-order valence-electron chi connectivity index (χ0n) is 10.5. The Kier molecular flexibility index (Phi) is 3.19. The van der Waals surface area contributed by atoms with Gasteiger partial charge >= 0.3 is 0 Å². The first-order valence-electron chi connectivity index (χ1n) is 6.29. The van der Waals surface area contributed by atoms with Gasteiger partial charge in [0.15, 0.2) is 0 Å². The van der Waals surface area contributed by atoms with Crippen LogP contribution < -0.4 is 9.80 Å². The average molecular weight is 259 g/mol. The number of thiophene rings is 1. The van der Waals surface area contributed by atoms with Gasteiger partial charge in [0.1, 0.15) is 0 Å². The van der Waals surface area contributed by atoms with Crippen molar-refractivity contribution in [2.75, 3.05) is 36.0 Å². The fourth-order valence-electron chi connectivity index (χ4n) is 2.36. The van der Waals surface area contributed by atoms with E-state index < -0.39 is 0 Å². The molecule has 3 heterocycles. The predicted molar refractivity (Wildman–Crippen MR) is 77.7 cm³/mol. The van der Waals surface area contributed by atoms with Crippen molar-refractivity contribution in [1.29, 1.82) is 0 Å². The third-order valence-corrected chi connectivity index (χ3v) is 4.27. The van der Waals surface area contributed by atoms with Gasteiger partial charge in [-0.1, -0.05) is 0 Å². The Hall–Kier alpha value is -1.55.